The van der Waals surface area contributed by atoms with Gasteiger partial charge in [0.25, 0.3) is 5.91 Å². The molecule has 2 rings (SSSR count). The van der Waals surface area contributed by atoms with Gasteiger partial charge in [-0.1, -0.05) is 18.2 Å². The van der Waals surface area contributed by atoms with Crippen molar-refractivity contribution in [2.75, 3.05) is 19.7 Å². The van der Waals surface area contributed by atoms with Gasteiger partial charge in [0.05, 0.1) is 0 Å². The molecule has 0 saturated carbocycles. The molecular formula is C17H23IN4O2S. The lowest BCUT2D eigenvalue weighted by Crippen LogP contribution is -2.33. The van der Waals surface area contributed by atoms with E-state index in [4.69, 9.17) is 16.2 Å². The summed E-state index contributed by atoms with van der Waals surface area (Å²) in [5.41, 5.74) is 12.0. The quantitative estimate of drug-likeness (QED) is 0.294. The van der Waals surface area contributed by atoms with Crippen molar-refractivity contribution in [3.05, 3.63) is 52.2 Å². The fraction of sp³-hybridized carbons (Fsp3) is 0.294. The van der Waals surface area contributed by atoms with E-state index in [9.17, 15) is 4.79 Å². The van der Waals surface area contributed by atoms with Crippen LogP contribution in [0.15, 0.2) is 46.8 Å². The molecule has 0 aliphatic carbocycles. The van der Waals surface area contributed by atoms with E-state index in [1.165, 1.54) is 4.88 Å². The molecule has 2 aromatic rings. The number of halogens is 1. The van der Waals surface area contributed by atoms with Gasteiger partial charge in [0.1, 0.15) is 5.75 Å². The van der Waals surface area contributed by atoms with Crippen LogP contribution in [0.25, 0.3) is 0 Å². The van der Waals surface area contributed by atoms with Crippen molar-refractivity contribution in [1.82, 2.24) is 5.32 Å². The van der Waals surface area contributed by atoms with Crippen molar-refractivity contribution < 1.29 is 9.53 Å². The molecule has 0 aliphatic rings. The van der Waals surface area contributed by atoms with Crippen LogP contribution in [0.1, 0.15) is 10.4 Å². The third-order valence-corrected chi connectivity index (χ3v) is 4.18. The first-order valence-corrected chi connectivity index (χ1v) is 8.57. The van der Waals surface area contributed by atoms with Crippen molar-refractivity contribution in [3.63, 3.8) is 0 Å². The first-order valence-electron chi connectivity index (χ1n) is 7.69. The monoisotopic (exact) mass is 474 g/mol. The number of nitrogens with zero attached hydrogens (tertiary/aromatic N) is 1. The summed E-state index contributed by atoms with van der Waals surface area (Å²) >= 11 is 1.73. The molecule has 1 amide bonds. The highest BCUT2D eigenvalue weighted by Crippen LogP contribution is 2.12. The molecule has 8 heteroatoms. The molecule has 0 unspecified atom stereocenters. The topological polar surface area (TPSA) is 103 Å². The van der Waals surface area contributed by atoms with Crippen LogP contribution < -0.4 is 21.5 Å². The molecule has 1 aromatic carbocycles. The number of carbonyl (C=O) groups excluding carboxylic acids is 1. The minimum atomic E-state index is -0.489. The van der Waals surface area contributed by atoms with Crippen LogP contribution in [0, 0.1) is 0 Å². The first-order chi connectivity index (χ1) is 11.6. The van der Waals surface area contributed by atoms with Gasteiger partial charge < -0.3 is 21.5 Å². The third-order valence-electron chi connectivity index (χ3n) is 3.24. The Morgan fingerprint density at radius 2 is 1.92 bits per heavy atom. The zero-order chi connectivity index (χ0) is 17.2. The van der Waals surface area contributed by atoms with Gasteiger partial charge in [-0.2, -0.15) is 0 Å². The molecule has 25 heavy (non-hydrogen) atoms. The van der Waals surface area contributed by atoms with Gasteiger partial charge in [-0.3, -0.25) is 9.79 Å². The molecule has 6 nitrogen and oxygen atoms in total. The van der Waals surface area contributed by atoms with Gasteiger partial charge in [-0.05, 0) is 35.6 Å². The minimum absolute atomic E-state index is 0. The lowest BCUT2D eigenvalue weighted by atomic mass is 10.1. The fourth-order valence-electron chi connectivity index (χ4n) is 2.04. The van der Waals surface area contributed by atoms with E-state index in [1.54, 1.807) is 11.3 Å². The van der Waals surface area contributed by atoms with Gasteiger partial charge in [0.15, 0.2) is 12.6 Å². The predicted molar refractivity (Wildman–Crippen MR) is 113 cm³/mol. The summed E-state index contributed by atoms with van der Waals surface area (Å²) in [5.74, 6) is 0.602. The second-order valence-electron chi connectivity index (χ2n) is 5.17. The van der Waals surface area contributed by atoms with E-state index < -0.39 is 5.91 Å². The highest BCUT2D eigenvalue weighted by molar-refractivity contribution is 14.0. The standard InChI is InChI=1S/C17H22N4O2S.HI/c18-16(22)12-23-14-5-3-13(4-6-14)7-9-20-17(19)21-10-8-15-2-1-11-24-15;/h1-6,11H,7-10,12H2,(H2,18,22)(H3,19,20,21);1H. The van der Waals surface area contributed by atoms with Gasteiger partial charge in [-0.15, -0.1) is 35.3 Å². The first kappa shape index (κ1) is 21.2. The molecule has 0 fully saturated rings. The lowest BCUT2D eigenvalue weighted by molar-refractivity contribution is -0.119. The Bertz CT molecular complexity index is 660. The molecule has 0 spiro atoms. The molecule has 136 valence electrons. The van der Waals surface area contributed by atoms with Gasteiger partial charge in [0, 0.05) is 24.4 Å². The smallest absolute Gasteiger partial charge is 0.255 e. The zero-order valence-corrected chi connectivity index (χ0v) is 17.0. The van der Waals surface area contributed by atoms with E-state index in [0.717, 1.165) is 18.4 Å². The van der Waals surface area contributed by atoms with Crippen molar-refractivity contribution in [3.8, 4) is 5.75 Å². The Hall–Kier alpha value is -1.81. The SMILES string of the molecule is I.NC(=O)COc1ccc(CCNC(N)=NCCc2cccs2)cc1. The maximum Gasteiger partial charge on any atom is 0.255 e. The van der Waals surface area contributed by atoms with Crippen LogP contribution in [0.3, 0.4) is 0 Å². The van der Waals surface area contributed by atoms with Crippen molar-refractivity contribution in [2.24, 2.45) is 16.5 Å². The average Bonchev–Trinajstić information content (AvgIpc) is 3.07. The number of nitrogens with two attached hydrogens (primary N) is 2. The van der Waals surface area contributed by atoms with E-state index in [2.05, 4.69) is 21.8 Å². The summed E-state index contributed by atoms with van der Waals surface area (Å²) in [6.45, 7) is 1.28. The second-order valence-corrected chi connectivity index (χ2v) is 6.20. The van der Waals surface area contributed by atoms with E-state index in [1.807, 2.05) is 30.3 Å². The van der Waals surface area contributed by atoms with Crippen molar-refractivity contribution in [1.29, 1.82) is 0 Å². The lowest BCUT2D eigenvalue weighted by Gasteiger charge is -2.07. The van der Waals surface area contributed by atoms with E-state index >= 15 is 0 Å². The van der Waals surface area contributed by atoms with Crippen molar-refractivity contribution in [2.45, 2.75) is 12.8 Å². The molecule has 1 heterocycles. The maximum absolute atomic E-state index is 10.7. The van der Waals surface area contributed by atoms with Crippen LogP contribution in [0.4, 0.5) is 0 Å². The highest BCUT2D eigenvalue weighted by Gasteiger charge is 1.99. The zero-order valence-electron chi connectivity index (χ0n) is 13.8. The summed E-state index contributed by atoms with van der Waals surface area (Å²) in [6, 6.07) is 11.7. The molecule has 1 aromatic heterocycles. The van der Waals surface area contributed by atoms with E-state index in [0.29, 0.717) is 24.8 Å². The number of hydrogen-bond donors (Lipinski definition) is 3. The van der Waals surface area contributed by atoms with Crippen LogP contribution in [0.5, 0.6) is 5.75 Å². The van der Waals surface area contributed by atoms with Crippen LogP contribution in [-0.2, 0) is 17.6 Å². The molecule has 0 atom stereocenters. The Morgan fingerprint density at radius 3 is 2.56 bits per heavy atom. The normalized spacial score (nSPS) is 10.8. The van der Waals surface area contributed by atoms with E-state index in [-0.39, 0.29) is 30.6 Å². The number of benzene rings is 1. The molecule has 0 bridgehead atoms. The minimum Gasteiger partial charge on any atom is -0.484 e. The Balaban J connectivity index is 0.00000312. The molecule has 0 saturated heterocycles. The number of thiophene rings is 1. The second kappa shape index (κ2) is 11.7. The Morgan fingerprint density at radius 1 is 1.16 bits per heavy atom. The van der Waals surface area contributed by atoms with Crippen LogP contribution in [0.2, 0.25) is 0 Å². The summed E-state index contributed by atoms with van der Waals surface area (Å²) in [6.07, 6.45) is 1.73. The van der Waals surface area contributed by atoms with Crippen LogP contribution >= 0.6 is 35.3 Å². The molecular weight excluding hydrogens is 451 g/mol. The van der Waals surface area contributed by atoms with Gasteiger partial charge in [0.2, 0.25) is 0 Å². The summed E-state index contributed by atoms with van der Waals surface area (Å²) in [4.78, 5) is 16.3. The number of ether oxygens (including phenoxy) is 1. The summed E-state index contributed by atoms with van der Waals surface area (Å²) in [7, 11) is 0. The summed E-state index contributed by atoms with van der Waals surface area (Å²) < 4.78 is 5.21. The van der Waals surface area contributed by atoms with Crippen molar-refractivity contribution >= 4 is 47.2 Å². The Kier molecular flexibility index (Phi) is 9.93. The van der Waals surface area contributed by atoms with Gasteiger partial charge >= 0.3 is 0 Å². The average molecular weight is 474 g/mol. The number of hydrogen-bond acceptors (Lipinski definition) is 4. The van der Waals surface area contributed by atoms with Crippen LogP contribution in [-0.4, -0.2) is 31.6 Å². The number of guanidine groups is 1. The van der Waals surface area contributed by atoms with Gasteiger partial charge in [-0.25, -0.2) is 0 Å². The predicted octanol–water partition coefficient (Wildman–Crippen LogP) is 1.92. The number of rotatable bonds is 9. The molecule has 0 aliphatic heterocycles. The fourth-order valence-corrected chi connectivity index (χ4v) is 2.74. The number of aliphatic imine (C=N–C) groups is 1. The Labute approximate surface area is 168 Å². The largest absolute Gasteiger partial charge is 0.484 e. The highest BCUT2D eigenvalue weighted by atomic mass is 127. The maximum atomic E-state index is 10.7. The third kappa shape index (κ3) is 8.73. The summed E-state index contributed by atoms with van der Waals surface area (Å²) in [5, 5.41) is 5.17. The molecule has 0 radical (unpaired) electrons. The number of primary amides is 1. The number of amides is 1. The number of nitrogens with one attached hydrogen (secondary N) is 1. The molecule has 5 N–H and O–H groups in total. The number of carbonyl (C=O) groups is 1.